The van der Waals surface area contributed by atoms with Crippen LogP contribution in [0.5, 0.6) is 0 Å². The Kier molecular flexibility index (Phi) is 1.69. The van der Waals surface area contributed by atoms with E-state index in [4.69, 9.17) is 4.52 Å². The summed E-state index contributed by atoms with van der Waals surface area (Å²) in [5.41, 5.74) is 1.23. The zero-order valence-corrected chi connectivity index (χ0v) is 7.68. The molecule has 12 heavy (non-hydrogen) atoms. The van der Waals surface area contributed by atoms with E-state index in [0.29, 0.717) is 11.7 Å². The first-order valence-corrected chi connectivity index (χ1v) is 4.49. The van der Waals surface area contributed by atoms with Crippen molar-refractivity contribution in [3.63, 3.8) is 0 Å². The maximum atomic E-state index is 5.01. The molecule has 0 unspecified atom stereocenters. The highest BCUT2D eigenvalue weighted by Gasteiger charge is 2.07. The molecular formula is C8H8N2OS. The molecule has 0 radical (unpaired) electrons. The van der Waals surface area contributed by atoms with Crippen LogP contribution < -0.4 is 0 Å². The van der Waals surface area contributed by atoms with E-state index in [1.165, 1.54) is 5.56 Å². The van der Waals surface area contributed by atoms with Gasteiger partial charge < -0.3 is 4.52 Å². The molecule has 0 saturated carbocycles. The van der Waals surface area contributed by atoms with Crippen LogP contribution in [0.4, 0.5) is 0 Å². The number of nitrogens with zero attached hydrogens (tertiary/aromatic N) is 2. The van der Waals surface area contributed by atoms with Crippen molar-refractivity contribution in [2.24, 2.45) is 0 Å². The number of aryl methyl sites for hydroxylation is 2. The molecule has 0 aromatic carbocycles. The number of thiophene rings is 1. The Morgan fingerprint density at radius 2 is 2.25 bits per heavy atom. The van der Waals surface area contributed by atoms with Crippen molar-refractivity contribution in [2.75, 3.05) is 0 Å². The molecule has 3 nitrogen and oxygen atoms in total. The van der Waals surface area contributed by atoms with Crippen LogP contribution >= 0.6 is 11.3 Å². The van der Waals surface area contributed by atoms with Crippen molar-refractivity contribution in [3.8, 4) is 10.8 Å². The highest BCUT2D eigenvalue weighted by atomic mass is 32.1. The van der Waals surface area contributed by atoms with E-state index in [1.807, 2.05) is 19.9 Å². The van der Waals surface area contributed by atoms with Crippen LogP contribution in [-0.4, -0.2) is 10.1 Å². The van der Waals surface area contributed by atoms with Crippen molar-refractivity contribution in [1.29, 1.82) is 0 Å². The normalized spacial score (nSPS) is 10.5. The third-order valence-corrected chi connectivity index (χ3v) is 2.50. The smallest absolute Gasteiger partial charge is 0.267 e. The molecule has 0 aliphatic heterocycles. The summed E-state index contributed by atoms with van der Waals surface area (Å²) in [5, 5.41) is 5.79. The molecule has 0 aliphatic carbocycles. The third-order valence-electron chi connectivity index (χ3n) is 1.47. The Morgan fingerprint density at radius 3 is 2.75 bits per heavy atom. The van der Waals surface area contributed by atoms with Crippen LogP contribution in [0, 0.1) is 13.8 Å². The molecule has 0 bridgehead atoms. The minimum atomic E-state index is 0.616. The predicted octanol–water partition coefficient (Wildman–Crippen LogP) is 2.41. The molecule has 0 fully saturated rings. The van der Waals surface area contributed by atoms with Gasteiger partial charge in [-0.25, -0.2) is 0 Å². The standard InChI is InChI=1S/C8H8N2OS/c1-5-3-7(12-4-5)8-9-6(2)10-11-8/h3-4H,1-2H3. The number of aromatic nitrogens is 2. The fraction of sp³-hybridized carbons (Fsp3) is 0.250. The van der Waals surface area contributed by atoms with Gasteiger partial charge in [0.05, 0.1) is 4.88 Å². The molecule has 0 spiro atoms. The number of rotatable bonds is 1. The quantitative estimate of drug-likeness (QED) is 0.676. The lowest BCUT2D eigenvalue weighted by atomic mass is 10.3. The molecule has 0 saturated heterocycles. The van der Waals surface area contributed by atoms with E-state index in [9.17, 15) is 0 Å². The molecule has 0 N–H and O–H groups in total. The van der Waals surface area contributed by atoms with Gasteiger partial charge in [0.15, 0.2) is 5.82 Å². The second-order valence-electron chi connectivity index (χ2n) is 2.64. The molecule has 62 valence electrons. The zero-order chi connectivity index (χ0) is 8.55. The summed E-state index contributed by atoms with van der Waals surface area (Å²) in [5.74, 6) is 1.29. The van der Waals surface area contributed by atoms with Crippen molar-refractivity contribution in [1.82, 2.24) is 10.1 Å². The molecule has 4 heteroatoms. The maximum absolute atomic E-state index is 5.01. The Morgan fingerprint density at radius 1 is 1.42 bits per heavy atom. The molecule has 0 amide bonds. The van der Waals surface area contributed by atoms with Gasteiger partial charge in [0.1, 0.15) is 0 Å². The fourth-order valence-electron chi connectivity index (χ4n) is 0.941. The van der Waals surface area contributed by atoms with Crippen molar-refractivity contribution in [3.05, 3.63) is 22.8 Å². The summed E-state index contributed by atoms with van der Waals surface area (Å²) in [6.07, 6.45) is 0. The number of hydrogen-bond donors (Lipinski definition) is 0. The summed E-state index contributed by atoms with van der Waals surface area (Å²) < 4.78 is 5.01. The van der Waals surface area contributed by atoms with Gasteiger partial charge in [0.25, 0.3) is 5.89 Å². The lowest BCUT2D eigenvalue weighted by Crippen LogP contribution is -1.72. The summed E-state index contributed by atoms with van der Waals surface area (Å²) in [7, 11) is 0. The van der Waals surface area contributed by atoms with Gasteiger partial charge in [-0.1, -0.05) is 5.16 Å². The summed E-state index contributed by atoms with van der Waals surface area (Å²) in [4.78, 5) is 5.16. The van der Waals surface area contributed by atoms with Crippen LogP contribution in [0.15, 0.2) is 16.0 Å². The van der Waals surface area contributed by atoms with Gasteiger partial charge in [0.2, 0.25) is 0 Å². The minimum Gasteiger partial charge on any atom is -0.333 e. The first-order valence-electron chi connectivity index (χ1n) is 3.61. The molecule has 2 aromatic heterocycles. The van der Waals surface area contributed by atoms with E-state index < -0.39 is 0 Å². The van der Waals surface area contributed by atoms with Gasteiger partial charge in [-0.05, 0) is 30.9 Å². The minimum absolute atomic E-state index is 0.616. The van der Waals surface area contributed by atoms with E-state index in [1.54, 1.807) is 11.3 Å². The Balaban J connectivity index is 2.43. The van der Waals surface area contributed by atoms with E-state index >= 15 is 0 Å². The van der Waals surface area contributed by atoms with E-state index in [2.05, 4.69) is 15.5 Å². The van der Waals surface area contributed by atoms with Crippen LogP contribution in [0.1, 0.15) is 11.4 Å². The van der Waals surface area contributed by atoms with Crippen molar-refractivity contribution >= 4 is 11.3 Å². The van der Waals surface area contributed by atoms with Gasteiger partial charge in [-0.15, -0.1) is 11.3 Å². The molecule has 2 heterocycles. The molecule has 0 atom stereocenters. The number of hydrogen-bond acceptors (Lipinski definition) is 4. The molecular weight excluding hydrogens is 172 g/mol. The second kappa shape index (κ2) is 2.71. The average molecular weight is 180 g/mol. The zero-order valence-electron chi connectivity index (χ0n) is 6.87. The van der Waals surface area contributed by atoms with E-state index in [0.717, 1.165) is 4.88 Å². The Bertz CT molecular complexity index is 353. The monoisotopic (exact) mass is 180 g/mol. The molecule has 2 rings (SSSR count). The summed E-state index contributed by atoms with van der Waals surface area (Å²) in [6.45, 7) is 3.86. The molecule has 2 aromatic rings. The van der Waals surface area contributed by atoms with Crippen LogP contribution in [0.2, 0.25) is 0 Å². The first-order chi connectivity index (χ1) is 5.75. The maximum Gasteiger partial charge on any atom is 0.267 e. The van der Waals surface area contributed by atoms with Gasteiger partial charge in [0, 0.05) is 0 Å². The Labute approximate surface area is 74.0 Å². The summed E-state index contributed by atoms with van der Waals surface area (Å²) in [6, 6.07) is 2.04. The largest absolute Gasteiger partial charge is 0.333 e. The predicted molar refractivity (Wildman–Crippen MR) is 47.1 cm³/mol. The van der Waals surface area contributed by atoms with Gasteiger partial charge in [-0.3, -0.25) is 0 Å². The van der Waals surface area contributed by atoms with Crippen LogP contribution in [0.3, 0.4) is 0 Å². The van der Waals surface area contributed by atoms with E-state index in [-0.39, 0.29) is 0 Å². The molecule has 0 aliphatic rings. The average Bonchev–Trinajstić information content (AvgIpc) is 2.58. The lowest BCUT2D eigenvalue weighted by Gasteiger charge is -1.81. The Hall–Kier alpha value is -1.16. The fourth-order valence-corrected chi connectivity index (χ4v) is 1.76. The summed E-state index contributed by atoms with van der Waals surface area (Å²) >= 11 is 1.62. The van der Waals surface area contributed by atoms with Gasteiger partial charge >= 0.3 is 0 Å². The lowest BCUT2D eigenvalue weighted by molar-refractivity contribution is 0.426. The topological polar surface area (TPSA) is 38.9 Å². The second-order valence-corrected chi connectivity index (χ2v) is 3.55. The SMILES string of the molecule is Cc1csc(-c2nc(C)no2)c1. The third kappa shape index (κ3) is 1.25. The first kappa shape index (κ1) is 7.49. The van der Waals surface area contributed by atoms with Crippen molar-refractivity contribution < 1.29 is 4.52 Å². The van der Waals surface area contributed by atoms with Crippen LogP contribution in [0.25, 0.3) is 10.8 Å². The highest BCUT2D eigenvalue weighted by molar-refractivity contribution is 7.13. The van der Waals surface area contributed by atoms with Gasteiger partial charge in [-0.2, -0.15) is 4.98 Å². The van der Waals surface area contributed by atoms with Crippen molar-refractivity contribution in [2.45, 2.75) is 13.8 Å². The van der Waals surface area contributed by atoms with Crippen LogP contribution in [-0.2, 0) is 0 Å². The highest BCUT2D eigenvalue weighted by Crippen LogP contribution is 2.24.